The van der Waals surface area contributed by atoms with Crippen molar-refractivity contribution in [3.63, 3.8) is 0 Å². The molecule has 4 rings (SSSR count). The largest absolute Gasteiger partial charge is 0.507 e. The third-order valence-corrected chi connectivity index (χ3v) is 5.55. The number of nitrogens with zero attached hydrogens (tertiary/aromatic N) is 2. The predicted octanol–water partition coefficient (Wildman–Crippen LogP) is 2.58. The van der Waals surface area contributed by atoms with Crippen molar-refractivity contribution in [1.82, 2.24) is 9.80 Å². The standard InChI is InChI=1S/C23H23FN2O4/c24-18-9-5-4-8-17(18)20-19(21(27)16-6-2-1-3-7-16)22(28)23(29)26(20)11-10-25-12-14-30-15-13-25/h1-9,20,27H,10-15H2/b21-19-. The maximum absolute atomic E-state index is 14.7. The Labute approximate surface area is 174 Å². The zero-order chi connectivity index (χ0) is 21.1. The molecule has 1 N–H and O–H groups in total. The molecule has 0 saturated carbocycles. The first-order valence-corrected chi connectivity index (χ1v) is 9.96. The van der Waals surface area contributed by atoms with Crippen LogP contribution in [0.2, 0.25) is 0 Å². The highest BCUT2D eigenvalue weighted by molar-refractivity contribution is 6.46. The van der Waals surface area contributed by atoms with Gasteiger partial charge in [0.1, 0.15) is 11.6 Å². The minimum Gasteiger partial charge on any atom is -0.507 e. The highest BCUT2D eigenvalue weighted by Gasteiger charge is 2.46. The summed E-state index contributed by atoms with van der Waals surface area (Å²) in [7, 11) is 0. The van der Waals surface area contributed by atoms with Crippen LogP contribution in [0.1, 0.15) is 17.2 Å². The minimum atomic E-state index is -0.979. The summed E-state index contributed by atoms with van der Waals surface area (Å²) in [6, 6.07) is 13.6. The zero-order valence-corrected chi connectivity index (χ0v) is 16.5. The molecule has 156 valence electrons. The number of ether oxygens (including phenoxy) is 1. The van der Waals surface area contributed by atoms with Gasteiger partial charge in [-0.05, 0) is 6.07 Å². The van der Waals surface area contributed by atoms with Gasteiger partial charge in [0.15, 0.2) is 0 Å². The molecule has 2 aliphatic rings. The smallest absolute Gasteiger partial charge is 0.295 e. The fourth-order valence-corrected chi connectivity index (χ4v) is 3.96. The molecule has 0 radical (unpaired) electrons. The Morgan fingerprint density at radius 3 is 2.37 bits per heavy atom. The molecular formula is C23H23FN2O4. The number of hydrogen-bond acceptors (Lipinski definition) is 5. The van der Waals surface area contributed by atoms with Gasteiger partial charge in [-0.15, -0.1) is 0 Å². The van der Waals surface area contributed by atoms with Gasteiger partial charge in [-0.3, -0.25) is 14.5 Å². The zero-order valence-electron chi connectivity index (χ0n) is 16.5. The van der Waals surface area contributed by atoms with Crippen LogP contribution in [0.5, 0.6) is 0 Å². The van der Waals surface area contributed by atoms with Gasteiger partial charge < -0.3 is 14.7 Å². The Morgan fingerprint density at radius 1 is 1.00 bits per heavy atom. The topological polar surface area (TPSA) is 70.1 Å². The first-order valence-electron chi connectivity index (χ1n) is 9.96. The van der Waals surface area contributed by atoms with Crippen LogP contribution in [0.4, 0.5) is 4.39 Å². The van der Waals surface area contributed by atoms with Crippen LogP contribution in [-0.4, -0.2) is 66.0 Å². The van der Waals surface area contributed by atoms with Gasteiger partial charge in [0.05, 0.1) is 24.8 Å². The first-order chi connectivity index (χ1) is 14.6. The number of morpholine rings is 1. The molecule has 30 heavy (non-hydrogen) atoms. The number of ketones is 1. The van der Waals surface area contributed by atoms with Crippen LogP contribution in [0.15, 0.2) is 60.2 Å². The molecule has 2 heterocycles. The summed E-state index contributed by atoms with van der Waals surface area (Å²) < 4.78 is 20.1. The molecule has 6 nitrogen and oxygen atoms in total. The van der Waals surface area contributed by atoms with Crippen LogP contribution in [0.3, 0.4) is 0 Å². The summed E-state index contributed by atoms with van der Waals surface area (Å²) in [6.07, 6.45) is 0. The molecule has 2 aromatic carbocycles. The lowest BCUT2D eigenvalue weighted by atomic mass is 9.95. The van der Waals surface area contributed by atoms with E-state index in [9.17, 15) is 19.1 Å². The fraction of sp³-hybridized carbons (Fsp3) is 0.304. The van der Waals surface area contributed by atoms with Crippen molar-refractivity contribution in [3.05, 3.63) is 77.1 Å². The number of hydrogen-bond donors (Lipinski definition) is 1. The highest BCUT2D eigenvalue weighted by atomic mass is 19.1. The van der Waals surface area contributed by atoms with E-state index in [-0.39, 0.29) is 23.4 Å². The molecule has 2 aliphatic heterocycles. The molecule has 1 atom stereocenters. The average Bonchev–Trinajstić information content (AvgIpc) is 3.03. The van der Waals surface area contributed by atoms with Crippen molar-refractivity contribution in [2.24, 2.45) is 0 Å². The maximum Gasteiger partial charge on any atom is 0.295 e. The van der Waals surface area contributed by atoms with Gasteiger partial charge in [-0.2, -0.15) is 0 Å². The molecule has 0 aromatic heterocycles. The predicted molar refractivity (Wildman–Crippen MR) is 109 cm³/mol. The van der Waals surface area contributed by atoms with Gasteiger partial charge in [0.2, 0.25) is 0 Å². The van der Waals surface area contributed by atoms with Crippen molar-refractivity contribution < 1.29 is 23.8 Å². The van der Waals surface area contributed by atoms with E-state index in [2.05, 4.69) is 4.90 Å². The van der Waals surface area contributed by atoms with E-state index >= 15 is 0 Å². The number of halogens is 1. The molecule has 2 fully saturated rings. The number of carbonyl (C=O) groups excluding carboxylic acids is 2. The Morgan fingerprint density at radius 2 is 1.67 bits per heavy atom. The second-order valence-electron chi connectivity index (χ2n) is 7.33. The summed E-state index contributed by atoms with van der Waals surface area (Å²) in [4.78, 5) is 29.3. The molecule has 0 spiro atoms. The van der Waals surface area contributed by atoms with E-state index < -0.39 is 23.5 Å². The number of carbonyl (C=O) groups is 2. The lowest BCUT2D eigenvalue weighted by Gasteiger charge is -2.31. The fourth-order valence-electron chi connectivity index (χ4n) is 3.96. The first kappa shape index (κ1) is 20.3. The summed E-state index contributed by atoms with van der Waals surface area (Å²) in [5.41, 5.74) is 0.513. The summed E-state index contributed by atoms with van der Waals surface area (Å²) in [6.45, 7) is 3.48. The number of amides is 1. The number of likely N-dealkylation sites (tertiary alicyclic amines) is 1. The van der Waals surface area contributed by atoms with Gasteiger partial charge in [0, 0.05) is 37.3 Å². The van der Waals surface area contributed by atoms with Crippen molar-refractivity contribution >= 4 is 17.4 Å². The van der Waals surface area contributed by atoms with Crippen LogP contribution in [-0.2, 0) is 14.3 Å². The summed E-state index contributed by atoms with van der Waals surface area (Å²) in [5, 5.41) is 10.9. The number of rotatable bonds is 5. The molecule has 2 saturated heterocycles. The van der Waals surface area contributed by atoms with Crippen molar-refractivity contribution in [2.45, 2.75) is 6.04 Å². The Kier molecular flexibility index (Phi) is 5.92. The summed E-state index contributed by atoms with van der Waals surface area (Å²) >= 11 is 0. The highest BCUT2D eigenvalue weighted by Crippen LogP contribution is 2.40. The van der Waals surface area contributed by atoms with Crippen LogP contribution in [0.25, 0.3) is 5.76 Å². The van der Waals surface area contributed by atoms with Gasteiger partial charge >= 0.3 is 0 Å². The lowest BCUT2D eigenvalue weighted by Crippen LogP contribution is -2.42. The number of aliphatic hydroxyl groups is 1. The normalized spacial score (nSPS) is 21.9. The van der Waals surface area contributed by atoms with Crippen molar-refractivity contribution in [2.75, 3.05) is 39.4 Å². The molecule has 7 heteroatoms. The van der Waals surface area contributed by atoms with Crippen LogP contribution >= 0.6 is 0 Å². The monoisotopic (exact) mass is 410 g/mol. The second-order valence-corrected chi connectivity index (χ2v) is 7.33. The number of benzene rings is 2. The van der Waals surface area contributed by atoms with Gasteiger partial charge in [-0.25, -0.2) is 4.39 Å². The number of aliphatic hydroxyl groups excluding tert-OH is 1. The van der Waals surface area contributed by atoms with E-state index in [1.165, 1.54) is 11.0 Å². The molecule has 1 unspecified atom stereocenters. The molecular weight excluding hydrogens is 387 g/mol. The third-order valence-electron chi connectivity index (χ3n) is 5.55. The Balaban J connectivity index is 1.74. The van der Waals surface area contributed by atoms with Crippen molar-refractivity contribution in [1.29, 1.82) is 0 Å². The SMILES string of the molecule is O=C1C(=O)N(CCN2CCOCC2)C(c2ccccc2F)/C1=C(/O)c1ccccc1. The Hall–Kier alpha value is -3.03. The lowest BCUT2D eigenvalue weighted by molar-refractivity contribution is -0.140. The van der Waals surface area contributed by atoms with Gasteiger partial charge in [-0.1, -0.05) is 48.5 Å². The van der Waals surface area contributed by atoms with E-state index in [1.54, 1.807) is 48.5 Å². The van der Waals surface area contributed by atoms with Crippen LogP contribution < -0.4 is 0 Å². The molecule has 1 amide bonds. The van der Waals surface area contributed by atoms with E-state index in [0.29, 0.717) is 25.3 Å². The average molecular weight is 410 g/mol. The van der Waals surface area contributed by atoms with Crippen molar-refractivity contribution in [3.8, 4) is 0 Å². The maximum atomic E-state index is 14.7. The molecule has 0 aliphatic carbocycles. The van der Waals surface area contributed by atoms with E-state index in [1.807, 2.05) is 0 Å². The summed E-state index contributed by atoms with van der Waals surface area (Å²) in [5.74, 6) is -2.35. The van der Waals surface area contributed by atoms with E-state index in [0.717, 1.165) is 13.1 Å². The van der Waals surface area contributed by atoms with Crippen LogP contribution in [0, 0.1) is 5.82 Å². The van der Waals surface area contributed by atoms with E-state index in [4.69, 9.17) is 4.74 Å². The van der Waals surface area contributed by atoms with Gasteiger partial charge in [0.25, 0.3) is 11.7 Å². The molecule has 2 aromatic rings. The minimum absolute atomic E-state index is 0.0849. The second kappa shape index (κ2) is 8.77. The molecule has 0 bridgehead atoms. The third kappa shape index (κ3) is 3.86. The number of Topliss-reactive ketones (excluding diaryl/α,β-unsaturated/α-hetero) is 1. The quantitative estimate of drug-likeness (QED) is 0.466. The Bertz CT molecular complexity index is 970.